The lowest BCUT2D eigenvalue weighted by Gasteiger charge is -2.11. The summed E-state index contributed by atoms with van der Waals surface area (Å²) >= 11 is 0. The van der Waals surface area contributed by atoms with E-state index in [0.29, 0.717) is 13.2 Å². The van der Waals surface area contributed by atoms with Gasteiger partial charge >= 0.3 is 12.1 Å². The van der Waals surface area contributed by atoms with Gasteiger partial charge in [-0.25, -0.2) is 9.59 Å². The zero-order valence-corrected chi connectivity index (χ0v) is 14.4. The second-order valence-corrected chi connectivity index (χ2v) is 5.79. The number of cyclic esters (lactones) is 1. The van der Waals surface area contributed by atoms with E-state index in [1.54, 1.807) is 4.90 Å². The number of aryl methyl sites for hydroxylation is 1. The number of hydrogen-bond donors (Lipinski definition) is 2. The second-order valence-electron chi connectivity index (χ2n) is 5.79. The number of carbonyl (C=O) groups excluding carboxylic acids is 2. The Hall–Kier alpha value is -3.46. The lowest BCUT2D eigenvalue weighted by molar-refractivity contribution is 0.181. The number of anilines is 2. The summed E-state index contributed by atoms with van der Waals surface area (Å²) in [5.74, 6) is 5.88. The van der Waals surface area contributed by atoms with E-state index in [9.17, 15) is 9.59 Å². The molecule has 0 aromatic heterocycles. The number of rotatable bonds is 3. The Morgan fingerprint density at radius 1 is 1.23 bits per heavy atom. The van der Waals surface area contributed by atoms with Crippen LogP contribution in [0.1, 0.15) is 11.1 Å². The van der Waals surface area contributed by atoms with Crippen LogP contribution in [0.15, 0.2) is 48.5 Å². The number of benzene rings is 2. The van der Waals surface area contributed by atoms with Gasteiger partial charge in [0.25, 0.3) is 0 Å². The average Bonchev–Trinajstić information content (AvgIpc) is 3.05. The molecular formula is C20H19N3O3. The van der Waals surface area contributed by atoms with Gasteiger partial charge in [-0.2, -0.15) is 0 Å². The van der Waals surface area contributed by atoms with Gasteiger partial charge in [0.05, 0.1) is 13.1 Å². The molecule has 0 saturated carbocycles. The van der Waals surface area contributed by atoms with Crippen LogP contribution in [0.3, 0.4) is 0 Å². The minimum absolute atomic E-state index is 0.234. The highest BCUT2D eigenvalue weighted by atomic mass is 16.6. The normalized spacial score (nSPS) is 12.8. The molecule has 1 aliphatic rings. The smallest absolute Gasteiger partial charge is 0.414 e. The van der Waals surface area contributed by atoms with E-state index in [2.05, 4.69) is 22.5 Å². The molecule has 3 rings (SSSR count). The Bertz CT molecular complexity index is 866. The number of nitrogens with one attached hydrogen (secondary N) is 2. The summed E-state index contributed by atoms with van der Waals surface area (Å²) < 4.78 is 4.91. The monoisotopic (exact) mass is 349 g/mol. The minimum atomic E-state index is -0.326. The van der Waals surface area contributed by atoms with Gasteiger partial charge in [0.15, 0.2) is 0 Å². The predicted molar refractivity (Wildman–Crippen MR) is 100 cm³/mol. The first-order chi connectivity index (χ1) is 12.6. The van der Waals surface area contributed by atoms with Crippen molar-refractivity contribution in [2.45, 2.75) is 6.92 Å². The molecule has 0 spiro atoms. The molecule has 132 valence electrons. The van der Waals surface area contributed by atoms with Crippen LogP contribution in [-0.4, -0.2) is 31.8 Å². The van der Waals surface area contributed by atoms with Gasteiger partial charge in [0.1, 0.15) is 6.61 Å². The molecule has 2 N–H and O–H groups in total. The molecule has 0 atom stereocenters. The van der Waals surface area contributed by atoms with Gasteiger partial charge in [0, 0.05) is 16.9 Å². The van der Waals surface area contributed by atoms with Crippen molar-refractivity contribution < 1.29 is 14.3 Å². The van der Waals surface area contributed by atoms with Gasteiger partial charge in [-0.05, 0) is 48.9 Å². The van der Waals surface area contributed by atoms with E-state index >= 15 is 0 Å². The lowest BCUT2D eigenvalue weighted by atomic mass is 10.2. The maximum Gasteiger partial charge on any atom is 0.414 e. The van der Waals surface area contributed by atoms with Crippen LogP contribution in [0.4, 0.5) is 21.0 Å². The van der Waals surface area contributed by atoms with Crippen molar-refractivity contribution in [3.05, 3.63) is 59.7 Å². The Morgan fingerprint density at radius 3 is 2.73 bits per heavy atom. The van der Waals surface area contributed by atoms with Crippen LogP contribution in [0, 0.1) is 18.8 Å². The summed E-state index contributed by atoms with van der Waals surface area (Å²) in [7, 11) is 0. The quantitative estimate of drug-likeness (QED) is 0.837. The number of carbonyl (C=O) groups is 2. The van der Waals surface area contributed by atoms with E-state index in [1.807, 2.05) is 55.5 Å². The van der Waals surface area contributed by atoms with E-state index in [1.165, 1.54) is 0 Å². The number of ether oxygens (including phenoxy) is 1. The highest BCUT2D eigenvalue weighted by molar-refractivity contribution is 5.90. The number of nitrogens with zero attached hydrogens (tertiary/aromatic N) is 1. The van der Waals surface area contributed by atoms with E-state index in [4.69, 9.17) is 4.74 Å². The van der Waals surface area contributed by atoms with Crippen molar-refractivity contribution in [3.8, 4) is 11.8 Å². The topological polar surface area (TPSA) is 70.7 Å². The summed E-state index contributed by atoms with van der Waals surface area (Å²) in [5, 5.41) is 5.45. The molecule has 1 aliphatic heterocycles. The van der Waals surface area contributed by atoms with Crippen LogP contribution in [-0.2, 0) is 4.74 Å². The van der Waals surface area contributed by atoms with Gasteiger partial charge in [0.2, 0.25) is 0 Å². The summed E-state index contributed by atoms with van der Waals surface area (Å²) in [6.45, 7) is 3.17. The SMILES string of the molecule is Cc1cccc(NC(=O)NCC#Cc2ccc(N3CCOC3=O)cc2)c1. The fourth-order valence-corrected chi connectivity index (χ4v) is 2.52. The van der Waals surface area contributed by atoms with E-state index in [-0.39, 0.29) is 18.7 Å². The van der Waals surface area contributed by atoms with Crippen molar-refractivity contribution in [2.24, 2.45) is 0 Å². The van der Waals surface area contributed by atoms with Gasteiger partial charge in [-0.3, -0.25) is 4.90 Å². The minimum Gasteiger partial charge on any atom is -0.447 e. The third-order valence-corrected chi connectivity index (χ3v) is 3.79. The molecule has 2 aromatic rings. The largest absolute Gasteiger partial charge is 0.447 e. The Labute approximate surface area is 152 Å². The zero-order valence-electron chi connectivity index (χ0n) is 14.4. The first-order valence-electron chi connectivity index (χ1n) is 8.26. The summed E-state index contributed by atoms with van der Waals surface area (Å²) in [4.78, 5) is 24.9. The van der Waals surface area contributed by atoms with Crippen LogP contribution in [0.25, 0.3) is 0 Å². The summed E-state index contributed by atoms with van der Waals surface area (Å²) in [6, 6.07) is 14.6. The molecule has 6 heteroatoms. The molecular weight excluding hydrogens is 330 g/mol. The molecule has 1 fully saturated rings. The Balaban J connectivity index is 1.48. The van der Waals surface area contributed by atoms with Crippen molar-refractivity contribution in [3.63, 3.8) is 0 Å². The van der Waals surface area contributed by atoms with Crippen molar-refractivity contribution >= 4 is 23.5 Å². The molecule has 0 radical (unpaired) electrons. The van der Waals surface area contributed by atoms with Crippen LogP contribution < -0.4 is 15.5 Å². The van der Waals surface area contributed by atoms with Crippen molar-refractivity contribution in [2.75, 3.05) is 29.9 Å². The highest BCUT2D eigenvalue weighted by Gasteiger charge is 2.23. The molecule has 0 aliphatic carbocycles. The average molecular weight is 349 g/mol. The van der Waals surface area contributed by atoms with Crippen molar-refractivity contribution in [1.82, 2.24) is 5.32 Å². The summed E-state index contributed by atoms with van der Waals surface area (Å²) in [5.41, 5.74) is 3.41. The van der Waals surface area contributed by atoms with Crippen LogP contribution in [0.5, 0.6) is 0 Å². The first-order valence-corrected chi connectivity index (χ1v) is 8.26. The fourth-order valence-electron chi connectivity index (χ4n) is 2.52. The Kier molecular flexibility index (Phi) is 5.40. The molecule has 0 unspecified atom stereocenters. The maximum absolute atomic E-state index is 11.8. The zero-order chi connectivity index (χ0) is 18.4. The molecule has 0 bridgehead atoms. The molecule has 3 amide bonds. The highest BCUT2D eigenvalue weighted by Crippen LogP contribution is 2.18. The molecule has 2 aromatic carbocycles. The number of urea groups is 1. The summed E-state index contributed by atoms with van der Waals surface area (Å²) in [6.07, 6.45) is -0.326. The Morgan fingerprint density at radius 2 is 2.04 bits per heavy atom. The van der Waals surface area contributed by atoms with Crippen LogP contribution in [0.2, 0.25) is 0 Å². The standard InChI is InChI=1S/C20H19N3O3/c1-15-4-2-6-17(14-15)22-19(24)21-11-3-5-16-7-9-18(10-8-16)23-12-13-26-20(23)25/h2,4,6-10,14H,11-13H2,1H3,(H2,21,22,24). The second kappa shape index (κ2) is 8.08. The third kappa shape index (κ3) is 4.54. The predicted octanol–water partition coefficient (Wildman–Crippen LogP) is 3.12. The lowest BCUT2D eigenvalue weighted by Crippen LogP contribution is -2.28. The molecule has 1 saturated heterocycles. The van der Waals surface area contributed by atoms with E-state index < -0.39 is 0 Å². The molecule has 1 heterocycles. The number of hydrogen-bond acceptors (Lipinski definition) is 3. The fraction of sp³-hybridized carbons (Fsp3) is 0.200. The first kappa shape index (κ1) is 17.4. The van der Waals surface area contributed by atoms with Crippen LogP contribution >= 0.6 is 0 Å². The van der Waals surface area contributed by atoms with Gasteiger partial charge in [-0.1, -0.05) is 24.0 Å². The molecule has 26 heavy (non-hydrogen) atoms. The maximum atomic E-state index is 11.8. The number of amides is 3. The van der Waals surface area contributed by atoms with E-state index in [0.717, 1.165) is 22.5 Å². The third-order valence-electron chi connectivity index (χ3n) is 3.79. The molecule has 6 nitrogen and oxygen atoms in total. The van der Waals surface area contributed by atoms with Gasteiger partial charge < -0.3 is 15.4 Å². The van der Waals surface area contributed by atoms with Gasteiger partial charge in [-0.15, -0.1) is 0 Å². The van der Waals surface area contributed by atoms with Crippen molar-refractivity contribution in [1.29, 1.82) is 0 Å².